The van der Waals surface area contributed by atoms with E-state index in [-0.39, 0.29) is 5.41 Å². The molecule has 0 N–H and O–H groups in total. The molecule has 0 amide bonds. The monoisotopic (exact) mass is 1030 g/mol. The molecule has 2 heteroatoms. The molecule has 5 aliphatic carbocycles. The average molecular weight is 1030 g/mol. The van der Waals surface area contributed by atoms with E-state index in [1.165, 1.54) is 116 Å². The number of rotatable bonds is 4. The van der Waals surface area contributed by atoms with E-state index >= 15 is 0 Å². The summed E-state index contributed by atoms with van der Waals surface area (Å²) in [6, 6.07) is 95.3. The summed E-state index contributed by atoms with van der Waals surface area (Å²) in [7, 11) is 0. The van der Waals surface area contributed by atoms with E-state index in [4.69, 9.17) is 9.97 Å². The zero-order valence-corrected chi connectivity index (χ0v) is 44.6. The summed E-state index contributed by atoms with van der Waals surface area (Å²) in [5.74, 6) is 0.427. The molecule has 5 aliphatic rings. The Morgan fingerprint density at radius 1 is 0.309 bits per heavy atom. The lowest BCUT2D eigenvalue weighted by Gasteiger charge is -2.33. The van der Waals surface area contributed by atoms with Gasteiger partial charge in [0.2, 0.25) is 0 Å². The van der Waals surface area contributed by atoms with Crippen LogP contribution in [-0.2, 0) is 10.8 Å². The van der Waals surface area contributed by atoms with Crippen molar-refractivity contribution in [3.63, 3.8) is 0 Å². The van der Waals surface area contributed by atoms with Crippen LogP contribution < -0.4 is 0 Å². The molecule has 13 aromatic rings. The van der Waals surface area contributed by atoms with Gasteiger partial charge in [-0.2, -0.15) is 0 Å². The van der Waals surface area contributed by atoms with Gasteiger partial charge in [-0.15, -0.1) is 0 Å². The SMILES string of the molecule is CC1CC=CC2=C1c1ccc(-c3ccc(-c4nc5c6ccccc6c6ccccc6c5nc4-c4ccc(-c5ccc6c(c5)C5(c7ccccc7-c7ccccc75)c5ccccc5-6)cc4)cc3)cc1C21c2ccccc2-c2ccccc21. The Balaban J connectivity index is 0.781. The molecular formula is C79H50N2. The van der Waals surface area contributed by atoms with Crippen molar-refractivity contribution in [2.24, 2.45) is 5.92 Å². The second-order valence-electron chi connectivity index (χ2n) is 23.0. The Bertz CT molecular complexity index is 4870. The molecule has 0 saturated carbocycles. The molecule has 376 valence electrons. The molecule has 2 spiro atoms. The normalized spacial score (nSPS) is 15.9. The summed E-state index contributed by atoms with van der Waals surface area (Å²) in [4.78, 5) is 11.5. The Labute approximate surface area is 470 Å². The molecule has 0 aliphatic heterocycles. The molecule has 1 heterocycles. The van der Waals surface area contributed by atoms with Gasteiger partial charge in [0.05, 0.1) is 33.3 Å². The number of fused-ring (bicyclic) bond motifs is 25. The van der Waals surface area contributed by atoms with Crippen LogP contribution in [0.5, 0.6) is 0 Å². The predicted octanol–water partition coefficient (Wildman–Crippen LogP) is 19.6. The first kappa shape index (κ1) is 44.9. The highest BCUT2D eigenvalue weighted by atomic mass is 14.8. The first-order valence-electron chi connectivity index (χ1n) is 28.6. The predicted molar refractivity (Wildman–Crippen MR) is 334 cm³/mol. The van der Waals surface area contributed by atoms with Crippen molar-refractivity contribution in [1.29, 1.82) is 0 Å². The van der Waals surface area contributed by atoms with Crippen LogP contribution in [0.1, 0.15) is 57.9 Å². The van der Waals surface area contributed by atoms with E-state index in [1.54, 1.807) is 0 Å². The largest absolute Gasteiger partial charge is 0.243 e. The van der Waals surface area contributed by atoms with Gasteiger partial charge < -0.3 is 0 Å². The van der Waals surface area contributed by atoms with Gasteiger partial charge in [-0.25, -0.2) is 9.97 Å². The van der Waals surface area contributed by atoms with E-state index in [2.05, 4.69) is 274 Å². The van der Waals surface area contributed by atoms with Gasteiger partial charge in [-0.05, 0) is 147 Å². The highest BCUT2D eigenvalue weighted by molar-refractivity contribution is 6.23. The topological polar surface area (TPSA) is 25.8 Å². The maximum absolute atomic E-state index is 5.73. The summed E-state index contributed by atoms with van der Waals surface area (Å²) in [6.45, 7) is 2.40. The fourth-order valence-corrected chi connectivity index (χ4v) is 15.8. The minimum atomic E-state index is -0.406. The minimum Gasteiger partial charge on any atom is -0.243 e. The van der Waals surface area contributed by atoms with E-state index in [9.17, 15) is 0 Å². The Morgan fingerprint density at radius 2 is 0.642 bits per heavy atom. The van der Waals surface area contributed by atoms with Gasteiger partial charge >= 0.3 is 0 Å². The summed E-state index contributed by atoms with van der Waals surface area (Å²) < 4.78 is 0. The van der Waals surface area contributed by atoms with Crippen LogP contribution in [0.2, 0.25) is 0 Å². The lowest BCUT2D eigenvalue weighted by molar-refractivity contribution is 0.731. The molecule has 12 aromatic carbocycles. The Kier molecular flexibility index (Phi) is 9.16. The molecule has 18 rings (SSSR count). The Hall–Kier alpha value is -10.0. The lowest BCUT2D eigenvalue weighted by Crippen LogP contribution is -2.27. The third-order valence-electron chi connectivity index (χ3n) is 19.2. The summed E-state index contributed by atoms with van der Waals surface area (Å²) in [5.41, 5.74) is 31.3. The number of nitrogens with zero attached hydrogens (tertiary/aromatic N) is 2. The molecule has 1 unspecified atom stereocenters. The zero-order chi connectivity index (χ0) is 53.1. The van der Waals surface area contributed by atoms with Crippen LogP contribution in [0, 0.1) is 5.92 Å². The summed E-state index contributed by atoms with van der Waals surface area (Å²) in [6.07, 6.45) is 5.90. The average Bonchev–Trinajstić information content (AvgIpc) is 3.63. The number of aromatic nitrogens is 2. The second kappa shape index (κ2) is 16.5. The number of hydrogen-bond donors (Lipinski definition) is 0. The zero-order valence-electron chi connectivity index (χ0n) is 44.6. The molecule has 0 radical (unpaired) electrons. The quantitative estimate of drug-likeness (QED) is 0.164. The van der Waals surface area contributed by atoms with Crippen molar-refractivity contribution in [2.45, 2.75) is 24.2 Å². The highest BCUT2D eigenvalue weighted by Gasteiger charge is 2.54. The molecule has 0 saturated heterocycles. The summed E-state index contributed by atoms with van der Waals surface area (Å²) >= 11 is 0. The maximum atomic E-state index is 5.73. The van der Waals surface area contributed by atoms with E-state index in [0.717, 1.165) is 56.3 Å². The van der Waals surface area contributed by atoms with Gasteiger partial charge in [-0.3, -0.25) is 0 Å². The smallest absolute Gasteiger partial charge is 0.0979 e. The third-order valence-corrected chi connectivity index (χ3v) is 19.2. The van der Waals surface area contributed by atoms with Gasteiger partial charge in [0, 0.05) is 21.9 Å². The van der Waals surface area contributed by atoms with E-state index < -0.39 is 5.41 Å². The van der Waals surface area contributed by atoms with Crippen molar-refractivity contribution in [2.75, 3.05) is 0 Å². The van der Waals surface area contributed by atoms with Gasteiger partial charge in [0.1, 0.15) is 0 Å². The minimum absolute atomic E-state index is 0.375. The van der Waals surface area contributed by atoms with Gasteiger partial charge in [0.25, 0.3) is 0 Å². The number of hydrogen-bond acceptors (Lipinski definition) is 2. The van der Waals surface area contributed by atoms with Crippen LogP contribution in [0.3, 0.4) is 0 Å². The number of allylic oxidation sites excluding steroid dienone is 4. The van der Waals surface area contributed by atoms with Crippen LogP contribution in [0.15, 0.2) is 273 Å². The Morgan fingerprint density at radius 3 is 1.09 bits per heavy atom. The number of benzene rings is 12. The molecule has 0 fully saturated rings. The fourth-order valence-electron chi connectivity index (χ4n) is 15.8. The molecule has 1 atom stereocenters. The second-order valence-corrected chi connectivity index (χ2v) is 23.0. The van der Waals surface area contributed by atoms with Gasteiger partial charge in [0.15, 0.2) is 0 Å². The molecule has 1 aromatic heterocycles. The standard InChI is InChI=1S/C79H50N2/c1-47-17-16-32-70-73(47)64-44-42-53(46-72(64)79(70)68-30-14-8-22-58(68)59-23-9-15-31-69(59)79)49-35-39-51(40-36-49)75-74(80-76-62-25-4-2-18-54(62)55-19-3-5-26-63(55)77(76)81-75)50-37-33-48(34-38-50)52-41-43-61-60-24-10-13-29-67(60)78(71(61)45-52)65-27-11-6-20-56(65)57-21-7-12-28-66(57)78/h2-16,18-47H,17H2,1H3. The van der Waals surface area contributed by atoms with E-state index in [1.807, 2.05) is 0 Å². The first-order chi connectivity index (χ1) is 40.1. The molecule has 0 bridgehead atoms. The molecular weight excluding hydrogens is 977 g/mol. The van der Waals surface area contributed by atoms with Crippen LogP contribution in [0.4, 0.5) is 0 Å². The third kappa shape index (κ3) is 5.86. The van der Waals surface area contributed by atoms with Crippen LogP contribution in [-0.4, -0.2) is 9.97 Å². The van der Waals surface area contributed by atoms with E-state index in [0.29, 0.717) is 5.92 Å². The summed E-state index contributed by atoms with van der Waals surface area (Å²) in [5, 5.41) is 4.56. The maximum Gasteiger partial charge on any atom is 0.0979 e. The molecule has 81 heavy (non-hydrogen) atoms. The fraction of sp³-hybridized carbons (Fsp3) is 0.0633. The van der Waals surface area contributed by atoms with Crippen LogP contribution in [0.25, 0.3) is 116 Å². The van der Waals surface area contributed by atoms with Crippen molar-refractivity contribution < 1.29 is 0 Å². The highest BCUT2D eigenvalue weighted by Crippen LogP contribution is 2.65. The lowest BCUT2D eigenvalue weighted by atomic mass is 9.68. The first-order valence-corrected chi connectivity index (χ1v) is 28.6. The van der Waals surface area contributed by atoms with Crippen LogP contribution >= 0.6 is 0 Å². The van der Waals surface area contributed by atoms with Crippen molar-refractivity contribution in [3.05, 3.63) is 317 Å². The van der Waals surface area contributed by atoms with Gasteiger partial charge in [-0.1, -0.05) is 262 Å². The van der Waals surface area contributed by atoms with Crippen molar-refractivity contribution in [3.8, 4) is 78.1 Å². The van der Waals surface area contributed by atoms with Crippen molar-refractivity contribution >= 4 is 38.2 Å². The van der Waals surface area contributed by atoms with Crippen molar-refractivity contribution in [1.82, 2.24) is 9.97 Å². The molecule has 2 nitrogen and oxygen atoms in total.